The minimum Gasteiger partial charge on any atom is -0.494 e. The van der Waals surface area contributed by atoms with E-state index in [0.29, 0.717) is 22.9 Å². The van der Waals surface area contributed by atoms with Gasteiger partial charge in [-0.25, -0.2) is 0 Å². The molecule has 0 aliphatic heterocycles. The molecule has 7 heteroatoms. The summed E-state index contributed by atoms with van der Waals surface area (Å²) in [6.07, 6.45) is 3.57. The summed E-state index contributed by atoms with van der Waals surface area (Å²) in [5.74, 6) is 1.55. The highest BCUT2D eigenvalue weighted by Gasteiger charge is 2.26. The third-order valence-electron chi connectivity index (χ3n) is 4.05. The lowest BCUT2D eigenvalue weighted by atomic mass is 9.85. The Labute approximate surface area is 143 Å². The Hall–Kier alpha value is -1.66. The first-order chi connectivity index (χ1) is 10.6. The highest BCUT2D eigenvalue weighted by molar-refractivity contribution is 5.94. The lowest BCUT2D eigenvalue weighted by Crippen LogP contribution is -2.34. The lowest BCUT2D eigenvalue weighted by Gasteiger charge is -2.26. The number of ether oxygens (including phenoxy) is 3. The smallest absolute Gasteiger partial charge is 0.227 e. The molecule has 1 saturated carbocycles. The number of carbonyl (C=O) groups is 1. The van der Waals surface area contributed by atoms with Crippen LogP contribution in [0.1, 0.15) is 25.7 Å². The molecule has 1 fully saturated rings. The molecule has 2 unspecified atom stereocenters. The third-order valence-corrected chi connectivity index (χ3v) is 4.05. The second kappa shape index (κ2) is 8.84. The molecular weight excluding hydrogens is 320 g/mol. The number of hydrogen-bond donors (Lipinski definition) is 2. The van der Waals surface area contributed by atoms with Crippen LogP contribution < -0.4 is 25.3 Å². The number of methoxy groups -OCH3 is 3. The molecule has 1 aromatic rings. The van der Waals surface area contributed by atoms with Gasteiger partial charge in [-0.05, 0) is 19.3 Å². The van der Waals surface area contributed by atoms with Gasteiger partial charge in [-0.15, -0.1) is 12.4 Å². The number of rotatable bonds is 5. The van der Waals surface area contributed by atoms with Crippen molar-refractivity contribution < 1.29 is 19.0 Å². The van der Waals surface area contributed by atoms with E-state index in [4.69, 9.17) is 19.9 Å². The Bertz CT molecular complexity index is 539. The average molecular weight is 345 g/mol. The number of hydrogen-bond acceptors (Lipinski definition) is 5. The van der Waals surface area contributed by atoms with E-state index in [1.54, 1.807) is 33.5 Å². The summed E-state index contributed by atoms with van der Waals surface area (Å²) >= 11 is 0. The molecule has 1 aliphatic carbocycles. The first-order valence-electron chi connectivity index (χ1n) is 7.45. The van der Waals surface area contributed by atoms with E-state index in [1.807, 2.05) is 0 Å². The maximum Gasteiger partial charge on any atom is 0.227 e. The standard InChI is InChI=1S/C16H24N2O4.ClH/c1-20-13-9-15(22-3)14(21-2)8-12(13)18-16(19)10-5-4-6-11(17)7-10;/h8-11H,4-7,17H2,1-3H3,(H,18,19);1H. The Morgan fingerprint density at radius 1 is 1.09 bits per heavy atom. The number of nitrogens with one attached hydrogen (secondary N) is 1. The van der Waals surface area contributed by atoms with Gasteiger partial charge < -0.3 is 25.3 Å². The Morgan fingerprint density at radius 2 is 1.70 bits per heavy atom. The van der Waals surface area contributed by atoms with Crippen molar-refractivity contribution in [1.82, 2.24) is 0 Å². The van der Waals surface area contributed by atoms with Crippen molar-refractivity contribution in [3.63, 3.8) is 0 Å². The Morgan fingerprint density at radius 3 is 2.26 bits per heavy atom. The maximum atomic E-state index is 12.4. The molecule has 1 aromatic carbocycles. The van der Waals surface area contributed by atoms with E-state index >= 15 is 0 Å². The predicted octanol–water partition coefficient (Wildman–Crippen LogP) is 2.59. The van der Waals surface area contributed by atoms with Crippen LogP contribution in [-0.4, -0.2) is 33.3 Å². The van der Waals surface area contributed by atoms with Crippen LogP contribution in [0.5, 0.6) is 17.2 Å². The lowest BCUT2D eigenvalue weighted by molar-refractivity contribution is -0.120. The fourth-order valence-electron chi connectivity index (χ4n) is 2.83. The van der Waals surface area contributed by atoms with Crippen molar-refractivity contribution in [2.75, 3.05) is 26.6 Å². The van der Waals surface area contributed by atoms with Crippen LogP contribution in [0, 0.1) is 5.92 Å². The monoisotopic (exact) mass is 344 g/mol. The molecular formula is C16H25ClN2O4. The van der Waals surface area contributed by atoms with Gasteiger partial charge in [-0.3, -0.25) is 4.79 Å². The predicted molar refractivity (Wildman–Crippen MR) is 91.9 cm³/mol. The van der Waals surface area contributed by atoms with Crippen molar-refractivity contribution in [2.24, 2.45) is 11.7 Å². The summed E-state index contributed by atoms with van der Waals surface area (Å²) in [7, 11) is 4.66. The fraction of sp³-hybridized carbons (Fsp3) is 0.562. The summed E-state index contributed by atoms with van der Waals surface area (Å²) < 4.78 is 15.8. The van der Waals surface area contributed by atoms with E-state index in [1.165, 1.54) is 0 Å². The summed E-state index contributed by atoms with van der Waals surface area (Å²) in [6, 6.07) is 3.51. The van der Waals surface area contributed by atoms with Crippen molar-refractivity contribution in [3.05, 3.63) is 12.1 Å². The molecule has 1 amide bonds. The number of halogens is 1. The van der Waals surface area contributed by atoms with Gasteiger partial charge in [0.15, 0.2) is 11.5 Å². The fourth-order valence-corrected chi connectivity index (χ4v) is 2.83. The van der Waals surface area contributed by atoms with Gasteiger partial charge in [0.1, 0.15) is 5.75 Å². The van der Waals surface area contributed by atoms with Crippen LogP contribution >= 0.6 is 12.4 Å². The topological polar surface area (TPSA) is 82.8 Å². The van der Waals surface area contributed by atoms with Gasteiger partial charge >= 0.3 is 0 Å². The van der Waals surface area contributed by atoms with E-state index in [-0.39, 0.29) is 30.3 Å². The summed E-state index contributed by atoms with van der Waals surface area (Å²) in [5.41, 5.74) is 6.53. The maximum absolute atomic E-state index is 12.4. The van der Waals surface area contributed by atoms with Crippen LogP contribution in [-0.2, 0) is 4.79 Å². The summed E-state index contributed by atoms with van der Waals surface area (Å²) in [4.78, 5) is 12.4. The summed E-state index contributed by atoms with van der Waals surface area (Å²) in [5, 5.41) is 2.92. The van der Waals surface area contributed by atoms with Crippen LogP contribution in [0.25, 0.3) is 0 Å². The number of anilines is 1. The van der Waals surface area contributed by atoms with Gasteiger partial charge in [-0.2, -0.15) is 0 Å². The Balaban J connectivity index is 0.00000264. The zero-order chi connectivity index (χ0) is 16.1. The quantitative estimate of drug-likeness (QED) is 0.857. The zero-order valence-corrected chi connectivity index (χ0v) is 14.6. The number of amides is 1. The molecule has 0 aromatic heterocycles. The van der Waals surface area contributed by atoms with Crippen molar-refractivity contribution >= 4 is 24.0 Å². The number of nitrogens with two attached hydrogens (primary N) is 1. The van der Waals surface area contributed by atoms with Crippen LogP contribution in [0.4, 0.5) is 5.69 Å². The minimum atomic E-state index is -0.0541. The average Bonchev–Trinajstić information content (AvgIpc) is 2.54. The minimum absolute atomic E-state index is 0. The first-order valence-corrected chi connectivity index (χ1v) is 7.45. The molecule has 0 radical (unpaired) electrons. The van der Waals surface area contributed by atoms with Crippen molar-refractivity contribution in [3.8, 4) is 17.2 Å². The van der Waals surface area contributed by atoms with E-state index in [0.717, 1.165) is 25.7 Å². The van der Waals surface area contributed by atoms with Gasteiger partial charge in [0.2, 0.25) is 5.91 Å². The molecule has 2 atom stereocenters. The molecule has 0 spiro atoms. The van der Waals surface area contributed by atoms with Crippen LogP contribution in [0.2, 0.25) is 0 Å². The van der Waals surface area contributed by atoms with Gasteiger partial charge in [0.05, 0.1) is 27.0 Å². The van der Waals surface area contributed by atoms with E-state index in [2.05, 4.69) is 5.32 Å². The number of carbonyl (C=O) groups excluding carboxylic acids is 1. The molecule has 2 rings (SSSR count). The van der Waals surface area contributed by atoms with Crippen molar-refractivity contribution in [1.29, 1.82) is 0 Å². The highest BCUT2D eigenvalue weighted by Crippen LogP contribution is 2.38. The second-order valence-corrected chi connectivity index (χ2v) is 5.52. The van der Waals surface area contributed by atoms with E-state index < -0.39 is 0 Å². The molecule has 0 saturated heterocycles. The Kier molecular flexibility index (Phi) is 7.45. The molecule has 0 bridgehead atoms. The van der Waals surface area contributed by atoms with Crippen LogP contribution in [0.3, 0.4) is 0 Å². The molecule has 130 valence electrons. The molecule has 0 heterocycles. The molecule has 3 N–H and O–H groups in total. The van der Waals surface area contributed by atoms with Gasteiger partial charge in [0.25, 0.3) is 0 Å². The third kappa shape index (κ3) is 4.65. The first kappa shape index (κ1) is 19.4. The molecule has 6 nitrogen and oxygen atoms in total. The van der Waals surface area contributed by atoms with Gasteiger partial charge in [0, 0.05) is 24.1 Å². The van der Waals surface area contributed by atoms with E-state index in [9.17, 15) is 4.79 Å². The van der Waals surface area contributed by atoms with Crippen molar-refractivity contribution in [2.45, 2.75) is 31.7 Å². The van der Waals surface area contributed by atoms with Gasteiger partial charge in [-0.1, -0.05) is 6.42 Å². The SMILES string of the molecule is COc1cc(OC)c(OC)cc1NC(=O)C1CCCC(N)C1.Cl. The molecule has 23 heavy (non-hydrogen) atoms. The number of benzene rings is 1. The normalized spacial score (nSPS) is 20.2. The highest BCUT2D eigenvalue weighted by atomic mass is 35.5. The molecule has 1 aliphatic rings. The summed E-state index contributed by atoms with van der Waals surface area (Å²) in [6.45, 7) is 0. The second-order valence-electron chi connectivity index (χ2n) is 5.52. The van der Waals surface area contributed by atoms with Crippen LogP contribution in [0.15, 0.2) is 12.1 Å². The zero-order valence-electron chi connectivity index (χ0n) is 13.8. The largest absolute Gasteiger partial charge is 0.494 e.